The molecule has 0 aromatic rings. The molecule has 4 nitrogen and oxygen atoms in total. The van der Waals surface area contributed by atoms with Gasteiger partial charge in [0.1, 0.15) is 5.78 Å². The molecule has 0 aliphatic heterocycles. The van der Waals surface area contributed by atoms with Gasteiger partial charge in [-0.05, 0) is 41.3 Å². The summed E-state index contributed by atoms with van der Waals surface area (Å²) in [6, 6.07) is 0. The van der Waals surface area contributed by atoms with Gasteiger partial charge in [0.05, 0.1) is 0 Å². The van der Waals surface area contributed by atoms with Crippen molar-refractivity contribution in [1.29, 1.82) is 0 Å². The molecule has 96 valence electrons. The van der Waals surface area contributed by atoms with E-state index in [2.05, 4.69) is 25.3 Å². The van der Waals surface area contributed by atoms with Crippen molar-refractivity contribution in [2.24, 2.45) is 0 Å². The molecule has 0 saturated carbocycles. The topological polar surface area (TPSA) is 26.8 Å². The summed E-state index contributed by atoms with van der Waals surface area (Å²) in [6.45, 7) is 9.75. The lowest BCUT2D eigenvalue weighted by atomic mass is 10.4. The smallest absolute Gasteiger partial charge is 0.235 e. The highest BCUT2D eigenvalue weighted by Crippen LogP contribution is 2.55. The minimum atomic E-state index is -2.59. The summed E-state index contributed by atoms with van der Waals surface area (Å²) in [7, 11) is 4.86. The highest BCUT2D eigenvalue weighted by Gasteiger charge is 2.38. The van der Waals surface area contributed by atoms with E-state index >= 15 is 0 Å². The van der Waals surface area contributed by atoms with Gasteiger partial charge in [-0.25, -0.2) is 9.34 Å². The van der Waals surface area contributed by atoms with Gasteiger partial charge >= 0.3 is 0 Å². The number of nitrogens with zero attached hydrogens (tertiary/aromatic N) is 3. The Morgan fingerprint density at radius 2 is 1.50 bits per heavy atom. The molecule has 1 unspecified atom stereocenters. The number of likely N-dealkylation sites (N-methyl/N-ethyl adjacent to an activating group) is 1. The summed E-state index contributed by atoms with van der Waals surface area (Å²) in [5.74, 6) is -0.118. The summed E-state index contributed by atoms with van der Waals surface area (Å²) >= 11 is 0. The molecule has 0 aliphatic carbocycles. The van der Waals surface area contributed by atoms with E-state index in [9.17, 15) is 4.57 Å². The van der Waals surface area contributed by atoms with Crippen LogP contribution in [-0.4, -0.2) is 61.3 Å². The van der Waals surface area contributed by atoms with Crippen molar-refractivity contribution in [3.05, 3.63) is 12.7 Å². The Labute approximate surface area is 100 Å². The monoisotopic (exact) mass is 247 g/mol. The first-order valence-electron chi connectivity index (χ1n) is 5.68. The van der Waals surface area contributed by atoms with E-state index in [0.29, 0.717) is 0 Å². The van der Waals surface area contributed by atoms with Crippen molar-refractivity contribution in [3.8, 4) is 0 Å². The molecule has 0 aromatic heterocycles. The van der Waals surface area contributed by atoms with Crippen LogP contribution in [0, 0.1) is 0 Å². The molecular weight excluding hydrogens is 221 g/mol. The van der Waals surface area contributed by atoms with Crippen LogP contribution in [0.4, 0.5) is 0 Å². The van der Waals surface area contributed by atoms with Crippen molar-refractivity contribution in [2.45, 2.75) is 19.6 Å². The van der Waals surface area contributed by atoms with E-state index in [4.69, 9.17) is 0 Å². The molecule has 1 atom stereocenters. The van der Waals surface area contributed by atoms with E-state index < -0.39 is 7.44 Å². The molecule has 0 radical (unpaired) electrons. The van der Waals surface area contributed by atoms with Crippen LogP contribution < -0.4 is 0 Å². The van der Waals surface area contributed by atoms with Gasteiger partial charge in [-0.1, -0.05) is 19.9 Å². The number of hydrogen-bond donors (Lipinski definition) is 0. The normalized spacial score (nSPS) is 14.8. The van der Waals surface area contributed by atoms with Gasteiger partial charge in [-0.15, -0.1) is 6.58 Å². The van der Waals surface area contributed by atoms with Gasteiger partial charge in [-0.2, -0.15) is 0 Å². The molecule has 0 amide bonds. The fourth-order valence-electron chi connectivity index (χ4n) is 1.93. The van der Waals surface area contributed by atoms with Gasteiger partial charge < -0.3 is 0 Å². The Bertz CT molecular complexity index is 250. The van der Waals surface area contributed by atoms with Crippen molar-refractivity contribution >= 4 is 7.44 Å². The van der Waals surface area contributed by atoms with Crippen LogP contribution in [0.2, 0.25) is 0 Å². The average Bonchev–Trinajstić information content (AvgIpc) is 2.23. The van der Waals surface area contributed by atoms with E-state index in [1.807, 2.05) is 37.5 Å². The van der Waals surface area contributed by atoms with Crippen LogP contribution in [0.15, 0.2) is 12.7 Å². The van der Waals surface area contributed by atoms with Gasteiger partial charge in [0.25, 0.3) is 0 Å². The molecule has 0 saturated heterocycles. The van der Waals surface area contributed by atoms with Gasteiger partial charge in [-0.3, -0.25) is 9.46 Å². The minimum Gasteiger partial charge on any atom is -0.289 e. The summed E-state index contributed by atoms with van der Waals surface area (Å²) in [5.41, 5.74) is 0. The summed E-state index contributed by atoms with van der Waals surface area (Å²) < 4.78 is 16.7. The SMILES string of the molecule is C=CC(N(CC)CC)P(=O)(N(C)C)N(C)C. The molecule has 5 heteroatoms. The molecule has 0 heterocycles. The maximum atomic E-state index is 13.0. The third-order valence-electron chi connectivity index (χ3n) is 2.89. The van der Waals surface area contributed by atoms with Crippen molar-refractivity contribution in [2.75, 3.05) is 41.3 Å². The zero-order valence-corrected chi connectivity index (χ0v) is 12.4. The Morgan fingerprint density at radius 1 is 1.12 bits per heavy atom. The first-order chi connectivity index (χ1) is 7.35. The van der Waals surface area contributed by atoms with Crippen LogP contribution in [0.5, 0.6) is 0 Å². The van der Waals surface area contributed by atoms with Crippen LogP contribution in [-0.2, 0) is 4.57 Å². The first-order valence-corrected chi connectivity index (χ1v) is 7.36. The molecule has 0 bridgehead atoms. The van der Waals surface area contributed by atoms with Gasteiger partial charge in [0.15, 0.2) is 0 Å². The molecule has 0 rings (SSSR count). The number of rotatable bonds is 7. The van der Waals surface area contributed by atoms with E-state index in [0.717, 1.165) is 13.1 Å². The Kier molecular flexibility index (Phi) is 6.49. The standard InChI is InChI=1S/C11H26N3OP/c1-8-11(14(9-2)10-3)16(15,12(4)5)13(6)7/h8,11H,1,9-10H2,2-7H3. The third kappa shape index (κ3) is 2.95. The molecule has 0 aliphatic rings. The lowest BCUT2D eigenvalue weighted by Gasteiger charge is -2.40. The molecule has 0 spiro atoms. The molecular formula is C11H26N3OP. The molecule has 0 N–H and O–H groups in total. The zero-order valence-electron chi connectivity index (χ0n) is 11.5. The fraction of sp³-hybridized carbons (Fsp3) is 0.818. The maximum Gasteiger partial charge on any atom is 0.235 e. The van der Waals surface area contributed by atoms with Crippen molar-refractivity contribution in [3.63, 3.8) is 0 Å². The van der Waals surface area contributed by atoms with E-state index in [1.54, 1.807) is 6.08 Å². The molecule has 16 heavy (non-hydrogen) atoms. The van der Waals surface area contributed by atoms with Gasteiger partial charge in [0.2, 0.25) is 7.44 Å². The van der Waals surface area contributed by atoms with Crippen LogP contribution >= 0.6 is 7.44 Å². The summed E-state index contributed by atoms with van der Waals surface area (Å²) in [4.78, 5) is 2.17. The van der Waals surface area contributed by atoms with E-state index in [-0.39, 0.29) is 5.78 Å². The fourth-order valence-corrected chi connectivity index (χ4v) is 4.62. The highest BCUT2D eigenvalue weighted by molar-refractivity contribution is 7.59. The second-order valence-corrected chi connectivity index (χ2v) is 7.46. The lowest BCUT2D eigenvalue weighted by Crippen LogP contribution is -2.40. The Morgan fingerprint density at radius 3 is 1.69 bits per heavy atom. The lowest BCUT2D eigenvalue weighted by molar-refractivity contribution is 0.282. The predicted molar refractivity (Wildman–Crippen MR) is 71.9 cm³/mol. The van der Waals surface area contributed by atoms with Crippen LogP contribution in [0.3, 0.4) is 0 Å². The second-order valence-electron chi connectivity index (χ2n) is 4.15. The number of hydrogen-bond acceptors (Lipinski definition) is 2. The average molecular weight is 247 g/mol. The highest BCUT2D eigenvalue weighted by atomic mass is 31.2. The summed E-state index contributed by atoms with van der Waals surface area (Å²) in [5, 5.41) is 0. The Hall–Kier alpha value is -0.150. The maximum absolute atomic E-state index is 13.0. The Balaban J connectivity index is 5.31. The molecule has 0 fully saturated rings. The van der Waals surface area contributed by atoms with Crippen LogP contribution in [0.25, 0.3) is 0 Å². The van der Waals surface area contributed by atoms with Crippen molar-refractivity contribution in [1.82, 2.24) is 14.2 Å². The zero-order chi connectivity index (χ0) is 12.9. The largest absolute Gasteiger partial charge is 0.289 e. The second kappa shape index (κ2) is 6.55. The van der Waals surface area contributed by atoms with Crippen LogP contribution in [0.1, 0.15) is 13.8 Å². The first kappa shape index (κ1) is 15.9. The van der Waals surface area contributed by atoms with E-state index in [1.165, 1.54) is 0 Å². The van der Waals surface area contributed by atoms with Gasteiger partial charge in [0, 0.05) is 0 Å². The predicted octanol–water partition coefficient (Wildman–Crippen LogP) is 2.16. The van der Waals surface area contributed by atoms with Crippen molar-refractivity contribution < 1.29 is 4.57 Å². The third-order valence-corrected chi connectivity index (χ3v) is 6.41. The minimum absolute atomic E-state index is 0.118. The molecule has 0 aromatic carbocycles. The summed E-state index contributed by atoms with van der Waals surface area (Å²) in [6.07, 6.45) is 1.80. The quantitative estimate of drug-likeness (QED) is 0.509.